The molecule has 11 nitrogen and oxygen atoms in total. The van der Waals surface area contributed by atoms with Gasteiger partial charge in [0.1, 0.15) is 11.3 Å². The maximum Gasteiger partial charge on any atom is 0.254 e. The van der Waals surface area contributed by atoms with Crippen molar-refractivity contribution in [2.45, 2.75) is 50.3 Å². The first-order valence-corrected chi connectivity index (χ1v) is 13.4. The molecule has 0 spiro atoms. The fourth-order valence-corrected chi connectivity index (χ4v) is 5.25. The molecule has 38 heavy (non-hydrogen) atoms. The highest BCUT2D eigenvalue weighted by Crippen LogP contribution is 2.33. The number of carbonyl (C=O) groups excluding carboxylic acids is 1. The Labute approximate surface area is 221 Å². The summed E-state index contributed by atoms with van der Waals surface area (Å²) < 4.78 is 17.3. The summed E-state index contributed by atoms with van der Waals surface area (Å²) in [5.41, 5.74) is 3.18. The van der Waals surface area contributed by atoms with E-state index in [0.717, 1.165) is 80.9 Å². The summed E-state index contributed by atoms with van der Waals surface area (Å²) in [6.45, 7) is 4.39. The number of nitrogens with one attached hydrogen (secondary N) is 2. The van der Waals surface area contributed by atoms with E-state index in [2.05, 4.69) is 47.6 Å². The van der Waals surface area contributed by atoms with Crippen LogP contribution in [0.3, 0.4) is 0 Å². The third-order valence-corrected chi connectivity index (χ3v) is 7.38. The lowest BCUT2D eigenvalue weighted by atomic mass is 9.93. The molecule has 6 rings (SSSR count). The van der Waals surface area contributed by atoms with Crippen LogP contribution in [0.1, 0.15) is 42.5 Å². The van der Waals surface area contributed by atoms with Gasteiger partial charge in [0.15, 0.2) is 0 Å². The first kappa shape index (κ1) is 24.7. The second-order valence-corrected chi connectivity index (χ2v) is 10.0. The van der Waals surface area contributed by atoms with Crippen molar-refractivity contribution < 1.29 is 19.0 Å². The van der Waals surface area contributed by atoms with Gasteiger partial charge in [-0.05, 0) is 38.2 Å². The van der Waals surface area contributed by atoms with Gasteiger partial charge in [-0.3, -0.25) is 9.78 Å². The zero-order valence-electron chi connectivity index (χ0n) is 21.3. The Kier molecular flexibility index (Phi) is 7.45. The molecule has 0 bridgehead atoms. The highest BCUT2D eigenvalue weighted by atomic mass is 16.5. The Morgan fingerprint density at radius 2 is 1.68 bits per heavy atom. The number of ether oxygens (including phenoxy) is 3. The number of rotatable bonds is 7. The third-order valence-electron chi connectivity index (χ3n) is 7.38. The summed E-state index contributed by atoms with van der Waals surface area (Å²) in [5.74, 6) is 1.16. The van der Waals surface area contributed by atoms with E-state index >= 15 is 0 Å². The summed E-state index contributed by atoms with van der Waals surface area (Å²) in [6.07, 6.45) is 11.2. The number of morpholine rings is 1. The Balaban J connectivity index is 1.04. The van der Waals surface area contributed by atoms with E-state index in [4.69, 9.17) is 14.2 Å². The second-order valence-electron chi connectivity index (χ2n) is 10.0. The summed E-state index contributed by atoms with van der Waals surface area (Å²) in [6, 6.07) is 4.49. The van der Waals surface area contributed by atoms with E-state index in [9.17, 15) is 4.79 Å². The van der Waals surface area contributed by atoms with Crippen LogP contribution in [-0.2, 0) is 9.47 Å². The van der Waals surface area contributed by atoms with Gasteiger partial charge < -0.3 is 29.7 Å². The minimum absolute atomic E-state index is 0.0598. The number of amides is 1. The molecule has 0 radical (unpaired) electrons. The number of hydrogen-bond donors (Lipinski definition) is 2. The largest absolute Gasteiger partial charge is 0.488 e. The lowest BCUT2D eigenvalue weighted by Crippen LogP contribution is -2.36. The van der Waals surface area contributed by atoms with Gasteiger partial charge >= 0.3 is 0 Å². The Bertz CT molecular complexity index is 1240. The number of benzene rings is 1. The molecule has 2 saturated heterocycles. The molecule has 200 valence electrons. The third kappa shape index (κ3) is 5.78. The first-order chi connectivity index (χ1) is 18.7. The number of anilines is 2. The molecule has 1 atom stereocenters. The molecule has 3 aliphatic rings. The predicted octanol–water partition coefficient (Wildman–Crippen LogP) is 2.58. The highest BCUT2D eigenvalue weighted by molar-refractivity contribution is 5.93. The zero-order chi connectivity index (χ0) is 25.7. The van der Waals surface area contributed by atoms with Gasteiger partial charge in [0, 0.05) is 62.3 Å². The van der Waals surface area contributed by atoms with E-state index in [-0.39, 0.29) is 24.1 Å². The topological polar surface area (TPSA) is 124 Å². The maximum atomic E-state index is 12.4. The van der Waals surface area contributed by atoms with Crippen molar-refractivity contribution in [3.05, 3.63) is 42.5 Å². The van der Waals surface area contributed by atoms with Crippen LogP contribution in [0.4, 0.5) is 11.6 Å². The van der Waals surface area contributed by atoms with Crippen molar-refractivity contribution in [1.82, 2.24) is 25.3 Å². The summed E-state index contributed by atoms with van der Waals surface area (Å²) >= 11 is 0. The van der Waals surface area contributed by atoms with Crippen LogP contribution < -0.4 is 20.3 Å². The molecule has 2 aromatic heterocycles. The summed E-state index contributed by atoms with van der Waals surface area (Å²) in [5, 5.41) is 6.37. The van der Waals surface area contributed by atoms with Crippen LogP contribution >= 0.6 is 0 Å². The van der Waals surface area contributed by atoms with Crippen molar-refractivity contribution in [2.24, 2.45) is 0 Å². The van der Waals surface area contributed by atoms with Crippen LogP contribution in [0.5, 0.6) is 5.75 Å². The number of aromatic nitrogens is 4. The van der Waals surface area contributed by atoms with Crippen molar-refractivity contribution >= 4 is 28.6 Å². The van der Waals surface area contributed by atoms with E-state index in [1.807, 2.05) is 0 Å². The smallest absolute Gasteiger partial charge is 0.254 e. The monoisotopic (exact) mass is 519 g/mol. The Morgan fingerprint density at radius 1 is 0.895 bits per heavy atom. The van der Waals surface area contributed by atoms with Gasteiger partial charge in [-0.15, -0.1) is 0 Å². The number of fused-ring (bicyclic) bond motifs is 1. The van der Waals surface area contributed by atoms with Crippen molar-refractivity contribution in [1.29, 1.82) is 0 Å². The second kappa shape index (κ2) is 11.4. The molecule has 4 heterocycles. The number of carbonyl (C=O) groups is 1. The normalized spacial score (nSPS) is 23.8. The Morgan fingerprint density at radius 3 is 2.45 bits per heavy atom. The molecule has 1 saturated carbocycles. The molecule has 1 aliphatic carbocycles. The lowest BCUT2D eigenvalue weighted by Gasteiger charge is -2.31. The van der Waals surface area contributed by atoms with Crippen molar-refractivity contribution in [3.63, 3.8) is 0 Å². The van der Waals surface area contributed by atoms with Gasteiger partial charge in [-0.25, -0.2) is 15.0 Å². The van der Waals surface area contributed by atoms with Gasteiger partial charge in [0.2, 0.25) is 5.95 Å². The van der Waals surface area contributed by atoms with Gasteiger partial charge in [-0.1, -0.05) is 0 Å². The van der Waals surface area contributed by atoms with Crippen LogP contribution in [0.15, 0.2) is 36.9 Å². The highest BCUT2D eigenvalue weighted by Gasteiger charge is 2.25. The van der Waals surface area contributed by atoms with Gasteiger partial charge in [-0.2, -0.15) is 0 Å². The van der Waals surface area contributed by atoms with Crippen molar-refractivity contribution in [3.8, 4) is 5.75 Å². The molecule has 1 aromatic carbocycles. The lowest BCUT2D eigenvalue weighted by molar-refractivity contribution is 0.0929. The summed E-state index contributed by atoms with van der Waals surface area (Å²) in [7, 11) is 0. The first-order valence-electron chi connectivity index (χ1n) is 13.4. The SMILES string of the molecule is O=C(N[C@@H]1CCOC1)c1cnc(NC2CCC(Oc3cc(N4CCOCC4)cc4nccnc34)CC2)nc1. The number of hydrogen-bond acceptors (Lipinski definition) is 10. The minimum Gasteiger partial charge on any atom is -0.488 e. The van der Waals surface area contributed by atoms with E-state index in [0.29, 0.717) is 24.7 Å². The van der Waals surface area contributed by atoms with Crippen molar-refractivity contribution in [2.75, 3.05) is 49.7 Å². The average molecular weight is 520 g/mol. The zero-order valence-corrected chi connectivity index (χ0v) is 21.3. The van der Waals surface area contributed by atoms with E-state index < -0.39 is 0 Å². The maximum absolute atomic E-state index is 12.4. The molecule has 11 heteroatoms. The summed E-state index contributed by atoms with van der Waals surface area (Å²) in [4.78, 5) is 32.5. The molecular weight excluding hydrogens is 486 g/mol. The molecule has 2 aliphatic heterocycles. The predicted molar refractivity (Wildman–Crippen MR) is 142 cm³/mol. The van der Waals surface area contributed by atoms with Crippen LogP contribution in [0.2, 0.25) is 0 Å². The molecule has 1 amide bonds. The molecule has 3 aromatic rings. The van der Waals surface area contributed by atoms with Gasteiger partial charge in [0.25, 0.3) is 5.91 Å². The minimum atomic E-state index is -0.167. The number of nitrogens with zero attached hydrogens (tertiary/aromatic N) is 5. The fraction of sp³-hybridized carbons (Fsp3) is 0.519. The molecule has 3 fully saturated rings. The fourth-order valence-electron chi connectivity index (χ4n) is 5.25. The quantitative estimate of drug-likeness (QED) is 0.481. The molecule has 0 unspecified atom stereocenters. The van der Waals surface area contributed by atoms with E-state index in [1.54, 1.807) is 24.8 Å². The van der Waals surface area contributed by atoms with E-state index in [1.165, 1.54) is 0 Å². The van der Waals surface area contributed by atoms with Crippen LogP contribution in [0.25, 0.3) is 11.0 Å². The van der Waals surface area contributed by atoms with Crippen LogP contribution in [0, 0.1) is 0 Å². The van der Waals surface area contributed by atoms with Gasteiger partial charge in [0.05, 0.1) is 43.0 Å². The molecular formula is C27H33N7O4. The average Bonchev–Trinajstić information content (AvgIpc) is 3.48. The Hall–Kier alpha value is -3.57. The van der Waals surface area contributed by atoms with Crippen LogP contribution in [-0.4, -0.2) is 83.5 Å². The standard InChI is InChI=1S/C27H33N7O4/c35-26(32-20-5-10-37-17-20)18-15-30-27(31-16-18)33-19-1-3-22(4-2-19)38-24-14-21(34-8-11-36-12-9-34)13-23-25(24)29-7-6-28-23/h6-7,13-16,19-20,22H,1-5,8-12,17H2,(H,32,35)(H,30,31,33)/t19?,20-,22?/m1/s1. The molecule has 2 N–H and O–H groups in total.